The van der Waals surface area contributed by atoms with E-state index in [1.807, 2.05) is 11.8 Å². The molecule has 1 aromatic carbocycles. The molecule has 0 fully saturated rings. The van der Waals surface area contributed by atoms with E-state index in [0.717, 1.165) is 18.7 Å². The Hall–Kier alpha value is -1.16. The van der Waals surface area contributed by atoms with Gasteiger partial charge in [0.1, 0.15) is 0 Å². The Kier molecular flexibility index (Phi) is 3.94. The number of hydrogen-bond acceptors (Lipinski definition) is 3. The molecule has 0 aromatic heterocycles. The van der Waals surface area contributed by atoms with E-state index in [2.05, 4.69) is 30.0 Å². The maximum absolute atomic E-state index is 10.7. The Morgan fingerprint density at radius 3 is 3.06 bits per heavy atom. The second kappa shape index (κ2) is 5.45. The molecular formula is C13H17NO2S. The van der Waals surface area contributed by atoms with Gasteiger partial charge in [-0.3, -0.25) is 4.79 Å². The lowest BCUT2D eigenvalue weighted by atomic mass is 10.1. The van der Waals surface area contributed by atoms with E-state index < -0.39 is 5.97 Å². The van der Waals surface area contributed by atoms with Crippen LogP contribution >= 0.6 is 11.8 Å². The third-order valence-electron chi connectivity index (χ3n) is 2.99. The van der Waals surface area contributed by atoms with Gasteiger partial charge in [-0.05, 0) is 18.1 Å². The fourth-order valence-electron chi connectivity index (χ4n) is 2.16. The molecule has 1 aromatic rings. The molecule has 0 atom stereocenters. The number of aliphatic carboxylic acids is 1. The average molecular weight is 251 g/mol. The van der Waals surface area contributed by atoms with Crippen LogP contribution < -0.4 is 4.90 Å². The highest BCUT2D eigenvalue weighted by Gasteiger charge is 2.20. The zero-order valence-corrected chi connectivity index (χ0v) is 10.8. The number of nitrogens with zero attached hydrogens (tertiary/aromatic N) is 1. The molecule has 1 heterocycles. The van der Waals surface area contributed by atoms with Crippen LogP contribution in [0.4, 0.5) is 5.69 Å². The predicted octanol–water partition coefficient (Wildman–Crippen LogP) is 2.64. The highest BCUT2D eigenvalue weighted by Crippen LogP contribution is 2.37. The van der Waals surface area contributed by atoms with Gasteiger partial charge in [-0.25, -0.2) is 0 Å². The zero-order valence-electron chi connectivity index (χ0n) is 9.98. The van der Waals surface area contributed by atoms with Crippen molar-refractivity contribution in [2.24, 2.45) is 0 Å². The van der Waals surface area contributed by atoms with Crippen LogP contribution in [0, 0.1) is 0 Å². The van der Waals surface area contributed by atoms with E-state index in [-0.39, 0.29) is 6.42 Å². The van der Waals surface area contributed by atoms with Crippen molar-refractivity contribution in [2.75, 3.05) is 23.7 Å². The molecule has 0 unspecified atom stereocenters. The molecule has 17 heavy (non-hydrogen) atoms. The summed E-state index contributed by atoms with van der Waals surface area (Å²) in [7, 11) is 0. The normalized spacial score (nSPS) is 14.5. The number of hydrogen-bond donors (Lipinski definition) is 1. The average Bonchev–Trinajstić information content (AvgIpc) is 2.35. The van der Waals surface area contributed by atoms with Gasteiger partial charge in [-0.15, -0.1) is 11.8 Å². The van der Waals surface area contributed by atoms with Crippen LogP contribution in [0.15, 0.2) is 23.1 Å². The van der Waals surface area contributed by atoms with E-state index in [9.17, 15) is 4.79 Å². The van der Waals surface area contributed by atoms with Gasteiger partial charge in [0.05, 0.1) is 12.1 Å². The first-order valence-corrected chi connectivity index (χ1v) is 6.92. The molecule has 92 valence electrons. The molecule has 1 aliphatic rings. The molecule has 0 saturated carbocycles. The second-order valence-corrected chi connectivity index (χ2v) is 5.23. The Morgan fingerprint density at radius 2 is 2.35 bits per heavy atom. The lowest BCUT2D eigenvalue weighted by Gasteiger charge is -2.32. The molecule has 1 N–H and O–H groups in total. The number of aryl methyl sites for hydroxylation is 1. The van der Waals surface area contributed by atoms with Crippen molar-refractivity contribution >= 4 is 23.4 Å². The summed E-state index contributed by atoms with van der Waals surface area (Å²) in [4.78, 5) is 14.2. The second-order valence-electron chi connectivity index (χ2n) is 4.10. The Balaban J connectivity index is 2.25. The first kappa shape index (κ1) is 12.3. The van der Waals surface area contributed by atoms with Crippen molar-refractivity contribution in [1.82, 2.24) is 0 Å². The van der Waals surface area contributed by atoms with Crippen LogP contribution in [-0.2, 0) is 11.2 Å². The number of carbonyl (C=O) groups is 1. The smallest absolute Gasteiger partial charge is 0.305 e. The highest BCUT2D eigenvalue weighted by molar-refractivity contribution is 7.99. The van der Waals surface area contributed by atoms with E-state index in [1.165, 1.54) is 16.1 Å². The summed E-state index contributed by atoms with van der Waals surface area (Å²) in [6.07, 6.45) is 1.20. The standard InChI is InChI=1S/C13H17NO2S/c1-2-10-4-3-5-11-13(10)14(8-9-17-11)7-6-12(15)16/h3-5H,2,6-9H2,1H3,(H,15,16). The number of thioether (sulfide) groups is 1. The Morgan fingerprint density at radius 1 is 1.53 bits per heavy atom. The Bertz CT molecular complexity index is 406. The lowest BCUT2D eigenvalue weighted by Crippen LogP contribution is -2.32. The largest absolute Gasteiger partial charge is 0.481 e. The first-order valence-electron chi connectivity index (χ1n) is 5.93. The highest BCUT2D eigenvalue weighted by atomic mass is 32.2. The monoisotopic (exact) mass is 251 g/mol. The van der Waals surface area contributed by atoms with Crippen molar-refractivity contribution < 1.29 is 9.90 Å². The van der Waals surface area contributed by atoms with Crippen LogP contribution in [0.25, 0.3) is 0 Å². The van der Waals surface area contributed by atoms with Crippen LogP contribution in [0.3, 0.4) is 0 Å². The maximum Gasteiger partial charge on any atom is 0.305 e. The van der Waals surface area contributed by atoms with Gasteiger partial charge in [0, 0.05) is 23.7 Å². The van der Waals surface area contributed by atoms with E-state index in [1.54, 1.807) is 0 Å². The summed E-state index contributed by atoms with van der Waals surface area (Å²) in [5.41, 5.74) is 2.58. The fourth-order valence-corrected chi connectivity index (χ4v) is 3.26. The molecular weight excluding hydrogens is 234 g/mol. The van der Waals surface area contributed by atoms with Gasteiger partial charge in [0.2, 0.25) is 0 Å². The van der Waals surface area contributed by atoms with Crippen molar-refractivity contribution in [3.63, 3.8) is 0 Å². The Labute approximate surface area is 106 Å². The molecule has 0 aliphatic carbocycles. The zero-order chi connectivity index (χ0) is 12.3. The molecule has 0 saturated heterocycles. The van der Waals surface area contributed by atoms with E-state index in [4.69, 9.17) is 5.11 Å². The van der Waals surface area contributed by atoms with Crippen LogP contribution in [0.5, 0.6) is 0 Å². The quantitative estimate of drug-likeness (QED) is 0.893. The topological polar surface area (TPSA) is 40.5 Å². The summed E-state index contributed by atoms with van der Waals surface area (Å²) in [6.45, 7) is 3.70. The molecule has 0 radical (unpaired) electrons. The summed E-state index contributed by atoms with van der Waals surface area (Å²) < 4.78 is 0. The minimum Gasteiger partial charge on any atom is -0.481 e. The summed E-state index contributed by atoms with van der Waals surface area (Å²) in [5.74, 6) is 0.318. The molecule has 2 rings (SSSR count). The number of anilines is 1. The number of benzene rings is 1. The number of para-hydroxylation sites is 1. The molecule has 3 nitrogen and oxygen atoms in total. The fraction of sp³-hybridized carbons (Fsp3) is 0.462. The minimum atomic E-state index is -0.723. The first-order chi connectivity index (χ1) is 8.22. The summed E-state index contributed by atoms with van der Waals surface area (Å²) in [5, 5.41) is 8.79. The van der Waals surface area contributed by atoms with E-state index >= 15 is 0 Å². The van der Waals surface area contributed by atoms with Crippen molar-refractivity contribution in [1.29, 1.82) is 0 Å². The van der Waals surface area contributed by atoms with Gasteiger partial charge in [0.15, 0.2) is 0 Å². The number of carboxylic acids is 1. The predicted molar refractivity (Wildman–Crippen MR) is 71.0 cm³/mol. The van der Waals surface area contributed by atoms with Crippen LogP contribution in [-0.4, -0.2) is 29.9 Å². The molecule has 0 amide bonds. The van der Waals surface area contributed by atoms with Gasteiger partial charge < -0.3 is 10.0 Å². The van der Waals surface area contributed by atoms with Crippen LogP contribution in [0.1, 0.15) is 18.9 Å². The van der Waals surface area contributed by atoms with Crippen molar-refractivity contribution in [3.8, 4) is 0 Å². The molecule has 0 bridgehead atoms. The SMILES string of the molecule is CCc1cccc2c1N(CCC(=O)O)CCS2. The van der Waals surface area contributed by atoms with E-state index in [0.29, 0.717) is 6.54 Å². The van der Waals surface area contributed by atoms with Gasteiger partial charge >= 0.3 is 5.97 Å². The summed E-state index contributed by atoms with van der Waals surface area (Å²) >= 11 is 1.87. The van der Waals surface area contributed by atoms with Gasteiger partial charge in [-0.2, -0.15) is 0 Å². The number of fused-ring (bicyclic) bond motifs is 1. The van der Waals surface area contributed by atoms with Crippen molar-refractivity contribution in [3.05, 3.63) is 23.8 Å². The molecule has 0 spiro atoms. The lowest BCUT2D eigenvalue weighted by molar-refractivity contribution is -0.136. The summed E-state index contributed by atoms with van der Waals surface area (Å²) in [6, 6.07) is 6.36. The number of carboxylic acid groups (broad SMARTS) is 1. The third kappa shape index (κ3) is 2.75. The van der Waals surface area contributed by atoms with Crippen LogP contribution in [0.2, 0.25) is 0 Å². The minimum absolute atomic E-state index is 0.210. The number of rotatable bonds is 4. The molecule has 1 aliphatic heterocycles. The van der Waals surface area contributed by atoms with Gasteiger partial charge in [-0.1, -0.05) is 19.1 Å². The maximum atomic E-state index is 10.7. The van der Waals surface area contributed by atoms with Gasteiger partial charge in [0.25, 0.3) is 0 Å². The third-order valence-corrected chi connectivity index (χ3v) is 4.02. The van der Waals surface area contributed by atoms with Crippen molar-refractivity contribution in [2.45, 2.75) is 24.7 Å². The molecule has 4 heteroatoms.